The summed E-state index contributed by atoms with van der Waals surface area (Å²) in [7, 11) is -2.40. The second-order valence-corrected chi connectivity index (χ2v) is 8.87. The molecule has 1 aliphatic rings. The molecule has 11 heteroatoms. The average Bonchev–Trinajstić information content (AvgIpc) is 2.79. The number of ether oxygens (including phenoxy) is 1. The molecule has 2 aromatic rings. The van der Waals surface area contributed by atoms with Crippen LogP contribution in [0, 0.1) is 11.5 Å². The van der Waals surface area contributed by atoms with Crippen molar-refractivity contribution in [3.8, 4) is 11.9 Å². The largest absolute Gasteiger partial charge is 0.425 e. The molecular weight excluding hydrogens is 442 g/mol. The Balaban J connectivity index is 1.74. The molecule has 0 atom stereocenters. The number of nitrogens with one attached hydrogen (secondary N) is 1. The Labute approximate surface area is 185 Å². The Morgan fingerprint density at radius 1 is 1.16 bits per heavy atom. The van der Waals surface area contributed by atoms with Crippen LogP contribution in [0.4, 0.5) is 0 Å². The number of aliphatic imine (C=N–C) groups is 1. The molecule has 3 rings (SSSR count). The molecule has 2 aromatic carbocycles. The quantitative estimate of drug-likeness (QED) is 0.422. The van der Waals surface area contributed by atoms with Crippen LogP contribution in [0.3, 0.4) is 0 Å². The summed E-state index contributed by atoms with van der Waals surface area (Å²) in [6.45, 7) is 0.872. The number of hydrogen-bond donors (Lipinski definition) is 1. The van der Waals surface area contributed by atoms with E-state index in [4.69, 9.17) is 21.6 Å². The van der Waals surface area contributed by atoms with Gasteiger partial charge in [-0.2, -0.15) is 9.57 Å². The summed E-state index contributed by atoms with van der Waals surface area (Å²) < 4.78 is 33.2. The molecule has 1 amide bonds. The molecule has 1 heterocycles. The van der Waals surface area contributed by atoms with E-state index in [0.29, 0.717) is 5.75 Å². The van der Waals surface area contributed by atoms with Crippen LogP contribution in [-0.4, -0.2) is 62.8 Å². The molecule has 0 radical (unpaired) electrons. The van der Waals surface area contributed by atoms with E-state index in [1.54, 1.807) is 35.4 Å². The SMILES string of the molecule is CNC(=O)c1cc(S(=O)(=O)N2CCN(C(=NC#N)Oc3ccccc3)CC2)ccc1Cl. The van der Waals surface area contributed by atoms with Crippen molar-refractivity contribution < 1.29 is 17.9 Å². The van der Waals surface area contributed by atoms with Crippen molar-refractivity contribution >= 4 is 33.6 Å². The first-order valence-electron chi connectivity index (χ1n) is 9.33. The third kappa shape index (κ3) is 5.14. The number of nitrogens with zero attached hydrogens (tertiary/aromatic N) is 4. The predicted molar refractivity (Wildman–Crippen MR) is 115 cm³/mol. The summed E-state index contributed by atoms with van der Waals surface area (Å²) >= 11 is 6.03. The molecule has 31 heavy (non-hydrogen) atoms. The summed E-state index contributed by atoms with van der Waals surface area (Å²) in [5, 5.41) is 11.6. The van der Waals surface area contributed by atoms with Gasteiger partial charge in [0.15, 0.2) is 0 Å². The first-order valence-corrected chi connectivity index (χ1v) is 11.1. The van der Waals surface area contributed by atoms with Crippen molar-refractivity contribution in [3.05, 3.63) is 59.1 Å². The van der Waals surface area contributed by atoms with Gasteiger partial charge in [0.2, 0.25) is 16.2 Å². The molecular formula is C20H20ClN5O4S. The van der Waals surface area contributed by atoms with Gasteiger partial charge in [-0.25, -0.2) is 8.42 Å². The second-order valence-electron chi connectivity index (χ2n) is 6.52. The lowest BCUT2D eigenvalue weighted by Gasteiger charge is -2.34. The fourth-order valence-electron chi connectivity index (χ4n) is 3.04. The highest BCUT2D eigenvalue weighted by atomic mass is 35.5. The monoisotopic (exact) mass is 461 g/mol. The minimum atomic E-state index is -3.84. The van der Waals surface area contributed by atoms with Crippen LogP contribution in [0.2, 0.25) is 5.02 Å². The first-order chi connectivity index (χ1) is 14.9. The minimum Gasteiger partial charge on any atom is -0.425 e. The van der Waals surface area contributed by atoms with Gasteiger partial charge in [0.05, 0.1) is 15.5 Å². The highest BCUT2D eigenvalue weighted by Crippen LogP contribution is 2.24. The molecule has 1 N–H and O–H groups in total. The number of rotatable bonds is 4. The fraction of sp³-hybridized carbons (Fsp3) is 0.250. The van der Waals surface area contributed by atoms with Crippen molar-refractivity contribution in [2.45, 2.75) is 4.90 Å². The predicted octanol–water partition coefficient (Wildman–Crippen LogP) is 1.92. The molecule has 0 saturated carbocycles. The number of amides is 1. The third-order valence-corrected chi connectivity index (χ3v) is 6.88. The van der Waals surface area contributed by atoms with E-state index in [0.717, 1.165) is 0 Å². The third-order valence-electron chi connectivity index (χ3n) is 4.65. The van der Waals surface area contributed by atoms with Crippen LogP contribution in [0.15, 0.2) is 58.4 Å². The highest BCUT2D eigenvalue weighted by molar-refractivity contribution is 7.89. The smallest absolute Gasteiger partial charge is 0.308 e. The normalized spacial score (nSPS) is 15.3. The number of nitriles is 1. The van der Waals surface area contributed by atoms with Crippen LogP contribution in [0.25, 0.3) is 0 Å². The second kappa shape index (κ2) is 9.78. The maximum atomic E-state index is 13.1. The van der Waals surface area contributed by atoms with E-state index in [1.807, 2.05) is 6.07 Å². The summed E-state index contributed by atoms with van der Waals surface area (Å²) in [6, 6.07) is 13.0. The molecule has 1 fully saturated rings. The van der Waals surface area contributed by atoms with Crippen LogP contribution in [-0.2, 0) is 10.0 Å². The van der Waals surface area contributed by atoms with Gasteiger partial charge >= 0.3 is 6.02 Å². The number of amidine groups is 1. The molecule has 0 aliphatic carbocycles. The Hall–Kier alpha value is -3.13. The van der Waals surface area contributed by atoms with Gasteiger partial charge in [-0.3, -0.25) is 4.79 Å². The first kappa shape index (κ1) is 22.6. The van der Waals surface area contributed by atoms with Gasteiger partial charge in [0.25, 0.3) is 5.91 Å². The van der Waals surface area contributed by atoms with E-state index in [2.05, 4.69) is 10.3 Å². The van der Waals surface area contributed by atoms with Crippen molar-refractivity contribution in [1.82, 2.24) is 14.5 Å². The lowest BCUT2D eigenvalue weighted by Crippen LogP contribution is -2.51. The van der Waals surface area contributed by atoms with E-state index in [-0.39, 0.29) is 47.7 Å². The topological polar surface area (TPSA) is 115 Å². The number of carbonyl (C=O) groups excluding carboxylic acids is 1. The molecule has 0 unspecified atom stereocenters. The summed E-state index contributed by atoms with van der Waals surface area (Å²) in [5.74, 6) is 0.0525. The van der Waals surface area contributed by atoms with Gasteiger partial charge in [0, 0.05) is 33.2 Å². The number of hydrogen-bond acceptors (Lipinski definition) is 6. The van der Waals surface area contributed by atoms with Crippen LogP contribution in [0.1, 0.15) is 10.4 Å². The lowest BCUT2D eigenvalue weighted by atomic mass is 10.2. The van der Waals surface area contributed by atoms with Crippen LogP contribution >= 0.6 is 11.6 Å². The van der Waals surface area contributed by atoms with Crippen LogP contribution < -0.4 is 10.1 Å². The van der Waals surface area contributed by atoms with E-state index in [9.17, 15) is 13.2 Å². The lowest BCUT2D eigenvalue weighted by molar-refractivity contribution is 0.0963. The molecule has 0 bridgehead atoms. The van der Waals surface area contributed by atoms with Gasteiger partial charge < -0.3 is 15.0 Å². The highest BCUT2D eigenvalue weighted by Gasteiger charge is 2.31. The van der Waals surface area contributed by atoms with E-state index in [1.165, 1.54) is 29.6 Å². The van der Waals surface area contributed by atoms with E-state index < -0.39 is 15.9 Å². The molecule has 162 valence electrons. The Kier molecular flexibility index (Phi) is 7.12. The number of halogens is 1. The van der Waals surface area contributed by atoms with Crippen LogP contribution in [0.5, 0.6) is 5.75 Å². The van der Waals surface area contributed by atoms with Gasteiger partial charge in [-0.1, -0.05) is 29.8 Å². The summed E-state index contributed by atoms with van der Waals surface area (Å²) in [6.07, 6.45) is 1.72. The van der Waals surface area contributed by atoms with Crippen molar-refractivity contribution in [1.29, 1.82) is 5.26 Å². The Bertz CT molecular complexity index is 1120. The van der Waals surface area contributed by atoms with Crippen molar-refractivity contribution in [3.63, 3.8) is 0 Å². The van der Waals surface area contributed by atoms with Gasteiger partial charge in [0.1, 0.15) is 5.75 Å². The molecule has 0 aromatic heterocycles. The van der Waals surface area contributed by atoms with Gasteiger partial charge in [-0.15, -0.1) is 4.99 Å². The number of sulfonamides is 1. The fourth-order valence-corrected chi connectivity index (χ4v) is 4.69. The number of piperazine rings is 1. The summed E-state index contributed by atoms with van der Waals surface area (Å²) in [5.41, 5.74) is 0.0866. The standard InChI is InChI=1S/C20H20ClN5O4S/c1-23-19(27)17-13-16(7-8-18(17)21)31(28,29)26-11-9-25(10-12-26)20(24-14-22)30-15-5-3-2-4-6-15/h2-8,13H,9-12H2,1H3,(H,23,27). The Morgan fingerprint density at radius 2 is 1.84 bits per heavy atom. The average molecular weight is 462 g/mol. The zero-order valence-corrected chi connectivity index (χ0v) is 18.2. The molecule has 1 saturated heterocycles. The van der Waals surface area contributed by atoms with Crippen molar-refractivity contribution in [2.24, 2.45) is 4.99 Å². The minimum absolute atomic E-state index is 0.0181. The zero-order valence-electron chi connectivity index (χ0n) is 16.7. The maximum Gasteiger partial charge on any atom is 0.308 e. The molecule has 0 spiro atoms. The summed E-state index contributed by atoms with van der Waals surface area (Å²) in [4.78, 5) is 17.4. The number of para-hydroxylation sites is 1. The number of benzene rings is 2. The van der Waals surface area contributed by atoms with Gasteiger partial charge in [-0.05, 0) is 30.3 Å². The molecule has 1 aliphatic heterocycles. The van der Waals surface area contributed by atoms with E-state index >= 15 is 0 Å². The van der Waals surface area contributed by atoms with Crippen molar-refractivity contribution in [2.75, 3.05) is 33.2 Å². The zero-order chi connectivity index (χ0) is 22.4. The molecule has 9 nitrogen and oxygen atoms in total. The maximum absolute atomic E-state index is 13.1. The Morgan fingerprint density at radius 3 is 2.45 bits per heavy atom. The number of carbonyl (C=O) groups is 1.